The van der Waals surface area contributed by atoms with E-state index >= 15 is 0 Å². The summed E-state index contributed by atoms with van der Waals surface area (Å²) in [5, 5.41) is 2.69. The van der Waals surface area contributed by atoms with Gasteiger partial charge in [0, 0.05) is 0 Å². The van der Waals surface area contributed by atoms with Gasteiger partial charge < -0.3 is 9.73 Å². The second kappa shape index (κ2) is 5.00. The van der Waals surface area contributed by atoms with Crippen molar-refractivity contribution < 1.29 is 13.6 Å². The molecule has 94 valence electrons. The fourth-order valence-corrected chi connectivity index (χ4v) is 1.56. The van der Waals surface area contributed by atoms with Gasteiger partial charge in [0.25, 0.3) is 5.91 Å². The van der Waals surface area contributed by atoms with Crippen molar-refractivity contribution in [2.75, 3.05) is 0 Å². The molecule has 2 heterocycles. The summed E-state index contributed by atoms with van der Waals surface area (Å²) in [7, 11) is 0. The second-order valence-corrected chi connectivity index (χ2v) is 3.99. The predicted octanol–water partition coefficient (Wildman–Crippen LogP) is 2.61. The van der Waals surface area contributed by atoms with E-state index in [1.54, 1.807) is 13.0 Å². The minimum Gasteiger partial charge on any atom is -0.464 e. The van der Waals surface area contributed by atoms with Crippen LogP contribution in [0.25, 0.3) is 0 Å². The van der Waals surface area contributed by atoms with E-state index in [4.69, 9.17) is 4.42 Å². The normalized spacial score (nSPS) is 12.2. The molecule has 0 aliphatic rings. The molecule has 0 aliphatic carbocycles. The zero-order valence-electron chi connectivity index (χ0n) is 10.1. The summed E-state index contributed by atoms with van der Waals surface area (Å²) < 4.78 is 18.3. The first-order valence-electron chi connectivity index (χ1n) is 5.56. The summed E-state index contributed by atoms with van der Waals surface area (Å²) in [6.07, 6.45) is 0. The van der Waals surface area contributed by atoms with E-state index in [2.05, 4.69) is 10.3 Å². The Bertz CT molecular complexity index is 566. The van der Waals surface area contributed by atoms with Gasteiger partial charge in [0.1, 0.15) is 17.2 Å². The van der Waals surface area contributed by atoms with E-state index in [0.717, 1.165) is 5.76 Å². The first kappa shape index (κ1) is 12.3. The molecule has 1 unspecified atom stereocenters. The highest BCUT2D eigenvalue weighted by molar-refractivity contribution is 5.92. The van der Waals surface area contributed by atoms with Gasteiger partial charge in [-0.1, -0.05) is 6.07 Å². The van der Waals surface area contributed by atoms with Crippen molar-refractivity contribution in [3.63, 3.8) is 0 Å². The third-order valence-electron chi connectivity index (χ3n) is 2.48. The van der Waals surface area contributed by atoms with Crippen LogP contribution in [0.3, 0.4) is 0 Å². The summed E-state index contributed by atoms with van der Waals surface area (Å²) in [6, 6.07) is 7.40. The lowest BCUT2D eigenvalue weighted by atomic mass is 10.2. The number of hydrogen-bond donors (Lipinski definition) is 1. The predicted molar refractivity (Wildman–Crippen MR) is 63.5 cm³/mol. The maximum Gasteiger partial charge on any atom is 0.270 e. The summed E-state index contributed by atoms with van der Waals surface area (Å²) in [5.74, 6) is 0.312. The standard InChI is InChI=1S/C13H13FN2O2/c1-8-6-7-11(18-8)9(2)15-13(17)10-4-3-5-12(14)16-10/h3-7,9H,1-2H3,(H,15,17). The number of carbonyl (C=O) groups excluding carboxylic acids is 1. The molecule has 2 aromatic rings. The number of nitrogens with zero attached hydrogens (tertiary/aromatic N) is 1. The topological polar surface area (TPSA) is 55.1 Å². The van der Waals surface area contributed by atoms with Crippen LogP contribution < -0.4 is 5.32 Å². The number of pyridine rings is 1. The second-order valence-electron chi connectivity index (χ2n) is 3.99. The van der Waals surface area contributed by atoms with Crippen molar-refractivity contribution in [3.05, 3.63) is 53.5 Å². The largest absolute Gasteiger partial charge is 0.464 e. The number of nitrogens with one attached hydrogen (secondary N) is 1. The molecule has 2 aromatic heterocycles. The number of aryl methyl sites for hydroxylation is 1. The minimum atomic E-state index is -0.677. The highest BCUT2D eigenvalue weighted by Gasteiger charge is 2.15. The Morgan fingerprint density at radius 2 is 2.17 bits per heavy atom. The lowest BCUT2D eigenvalue weighted by Gasteiger charge is -2.10. The Kier molecular flexibility index (Phi) is 3.41. The molecular formula is C13H13FN2O2. The van der Waals surface area contributed by atoms with E-state index < -0.39 is 11.9 Å². The Labute approximate surface area is 104 Å². The minimum absolute atomic E-state index is 0.0464. The molecule has 5 heteroatoms. The molecular weight excluding hydrogens is 235 g/mol. The van der Waals surface area contributed by atoms with E-state index in [1.165, 1.54) is 18.2 Å². The van der Waals surface area contributed by atoms with Crippen LogP contribution in [0.1, 0.15) is 35.0 Å². The molecule has 0 radical (unpaired) electrons. The maximum absolute atomic E-state index is 12.9. The third-order valence-corrected chi connectivity index (χ3v) is 2.48. The number of rotatable bonds is 3. The van der Waals surface area contributed by atoms with Gasteiger partial charge in [0.2, 0.25) is 5.95 Å². The molecule has 0 spiro atoms. The van der Waals surface area contributed by atoms with E-state index in [-0.39, 0.29) is 11.7 Å². The quantitative estimate of drug-likeness (QED) is 0.849. The van der Waals surface area contributed by atoms with E-state index in [9.17, 15) is 9.18 Å². The summed E-state index contributed by atoms with van der Waals surface area (Å²) in [5.41, 5.74) is 0.0464. The summed E-state index contributed by atoms with van der Waals surface area (Å²) >= 11 is 0. The van der Waals surface area contributed by atoms with Crippen molar-refractivity contribution in [1.29, 1.82) is 0 Å². The maximum atomic E-state index is 12.9. The average molecular weight is 248 g/mol. The van der Waals surface area contributed by atoms with Gasteiger partial charge in [0.05, 0.1) is 6.04 Å². The van der Waals surface area contributed by atoms with Gasteiger partial charge in [-0.05, 0) is 38.1 Å². The number of amides is 1. The molecule has 18 heavy (non-hydrogen) atoms. The number of hydrogen-bond acceptors (Lipinski definition) is 3. The van der Waals surface area contributed by atoms with E-state index in [1.807, 2.05) is 13.0 Å². The number of aromatic nitrogens is 1. The third kappa shape index (κ3) is 2.74. The van der Waals surface area contributed by atoms with Crippen LogP contribution in [0.15, 0.2) is 34.7 Å². The first-order chi connectivity index (χ1) is 8.56. The number of furan rings is 1. The monoisotopic (exact) mass is 248 g/mol. The SMILES string of the molecule is Cc1ccc(C(C)NC(=O)c2cccc(F)n2)o1. The number of carbonyl (C=O) groups is 1. The van der Waals surface area contributed by atoms with Gasteiger partial charge in [-0.25, -0.2) is 4.98 Å². The Hall–Kier alpha value is -2.17. The van der Waals surface area contributed by atoms with Gasteiger partial charge in [-0.3, -0.25) is 4.79 Å². The Morgan fingerprint density at radius 1 is 1.39 bits per heavy atom. The van der Waals surface area contributed by atoms with Crippen molar-refractivity contribution in [3.8, 4) is 0 Å². The fourth-order valence-electron chi connectivity index (χ4n) is 1.56. The van der Waals surface area contributed by atoms with Crippen molar-refractivity contribution >= 4 is 5.91 Å². The molecule has 0 fully saturated rings. The van der Waals surface area contributed by atoms with E-state index in [0.29, 0.717) is 5.76 Å². The fraction of sp³-hybridized carbons (Fsp3) is 0.231. The lowest BCUT2D eigenvalue weighted by molar-refractivity contribution is 0.0929. The molecule has 0 saturated heterocycles. The van der Waals surface area contributed by atoms with Crippen LogP contribution in [-0.2, 0) is 0 Å². The Morgan fingerprint density at radius 3 is 2.78 bits per heavy atom. The smallest absolute Gasteiger partial charge is 0.270 e. The van der Waals surface area contributed by atoms with Gasteiger partial charge in [0.15, 0.2) is 0 Å². The zero-order valence-corrected chi connectivity index (χ0v) is 10.1. The molecule has 1 amide bonds. The highest BCUT2D eigenvalue weighted by Crippen LogP contribution is 2.15. The molecule has 0 bridgehead atoms. The molecule has 0 aliphatic heterocycles. The highest BCUT2D eigenvalue weighted by atomic mass is 19.1. The molecule has 0 aromatic carbocycles. The van der Waals surface area contributed by atoms with Gasteiger partial charge in [-0.15, -0.1) is 0 Å². The van der Waals surface area contributed by atoms with Crippen molar-refractivity contribution in [2.24, 2.45) is 0 Å². The Balaban J connectivity index is 2.08. The lowest BCUT2D eigenvalue weighted by Crippen LogP contribution is -2.27. The summed E-state index contributed by atoms with van der Waals surface area (Å²) in [6.45, 7) is 3.61. The van der Waals surface area contributed by atoms with Crippen LogP contribution in [-0.4, -0.2) is 10.9 Å². The average Bonchev–Trinajstić information content (AvgIpc) is 2.76. The molecule has 4 nitrogen and oxygen atoms in total. The summed E-state index contributed by atoms with van der Waals surface area (Å²) in [4.78, 5) is 15.3. The first-order valence-corrected chi connectivity index (χ1v) is 5.56. The van der Waals surface area contributed by atoms with Crippen molar-refractivity contribution in [1.82, 2.24) is 10.3 Å². The van der Waals surface area contributed by atoms with Crippen LogP contribution in [0.4, 0.5) is 4.39 Å². The molecule has 1 N–H and O–H groups in total. The van der Waals surface area contributed by atoms with Crippen molar-refractivity contribution in [2.45, 2.75) is 19.9 Å². The zero-order chi connectivity index (χ0) is 13.1. The van der Waals surface area contributed by atoms with Gasteiger partial charge in [-0.2, -0.15) is 4.39 Å². The van der Waals surface area contributed by atoms with Gasteiger partial charge >= 0.3 is 0 Å². The van der Waals surface area contributed by atoms with Crippen LogP contribution in [0.2, 0.25) is 0 Å². The van der Waals surface area contributed by atoms with Crippen LogP contribution in [0, 0.1) is 12.9 Å². The molecule has 2 rings (SSSR count). The molecule has 1 atom stereocenters. The molecule has 0 saturated carbocycles. The van der Waals surface area contributed by atoms with Crippen LogP contribution in [0.5, 0.6) is 0 Å². The van der Waals surface area contributed by atoms with Crippen LogP contribution >= 0.6 is 0 Å². The number of halogens is 1.